The molecular formula is C12H21N3. The fourth-order valence-corrected chi connectivity index (χ4v) is 2.80. The van der Waals surface area contributed by atoms with Crippen molar-refractivity contribution in [2.75, 3.05) is 32.7 Å². The monoisotopic (exact) mass is 207 g/mol. The van der Waals surface area contributed by atoms with E-state index >= 15 is 0 Å². The van der Waals surface area contributed by atoms with Crippen molar-refractivity contribution >= 4 is 0 Å². The number of unbranched alkanes of at least 4 members (excludes halogenated alkanes) is 1. The first-order valence-electron chi connectivity index (χ1n) is 6.23. The number of likely N-dealkylation sites (tertiary alicyclic amines) is 2. The molecule has 3 heteroatoms. The van der Waals surface area contributed by atoms with Crippen LogP contribution in [-0.4, -0.2) is 48.6 Å². The van der Waals surface area contributed by atoms with E-state index < -0.39 is 0 Å². The fourth-order valence-electron chi connectivity index (χ4n) is 2.80. The first-order valence-corrected chi connectivity index (χ1v) is 6.23. The van der Waals surface area contributed by atoms with Crippen molar-refractivity contribution in [3.05, 3.63) is 0 Å². The summed E-state index contributed by atoms with van der Waals surface area (Å²) in [5, 5.41) is 8.49. The summed E-state index contributed by atoms with van der Waals surface area (Å²) >= 11 is 0. The van der Waals surface area contributed by atoms with Crippen LogP contribution in [0.2, 0.25) is 0 Å². The van der Waals surface area contributed by atoms with Gasteiger partial charge in [-0.25, -0.2) is 0 Å². The molecule has 0 aromatic rings. The highest BCUT2D eigenvalue weighted by Crippen LogP contribution is 2.20. The lowest BCUT2D eigenvalue weighted by Gasteiger charge is -2.23. The van der Waals surface area contributed by atoms with Gasteiger partial charge in [0.25, 0.3) is 0 Å². The smallest absolute Gasteiger partial charge is 0.0622 e. The van der Waals surface area contributed by atoms with Crippen molar-refractivity contribution < 1.29 is 0 Å². The lowest BCUT2D eigenvalue weighted by Crippen LogP contribution is -2.35. The molecule has 1 atom stereocenters. The normalized spacial score (nSPS) is 28.3. The Morgan fingerprint density at radius 1 is 1.20 bits per heavy atom. The van der Waals surface area contributed by atoms with Crippen LogP contribution in [-0.2, 0) is 0 Å². The molecule has 0 amide bonds. The summed E-state index contributed by atoms with van der Waals surface area (Å²) < 4.78 is 0. The van der Waals surface area contributed by atoms with Crippen LogP contribution in [0.4, 0.5) is 0 Å². The van der Waals surface area contributed by atoms with Gasteiger partial charge in [-0.05, 0) is 51.9 Å². The summed E-state index contributed by atoms with van der Waals surface area (Å²) in [5.41, 5.74) is 0. The van der Waals surface area contributed by atoms with Gasteiger partial charge in [0, 0.05) is 19.0 Å². The van der Waals surface area contributed by atoms with Gasteiger partial charge >= 0.3 is 0 Å². The second-order valence-electron chi connectivity index (χ2n) is 4.75. The summed E-state index contributed by atoms with van der Waals surface area (Å²) in [5.74, 6) is 0. The van der Waals surface area contributed by atoms with Crippen molar-refractivity contribution in [1.29, 1.82) is 5.26 Å². The van der Waals surface area contributed by atoms with E-state index in [4.69, 9.17) is 5.26 Å². The van der Waals surface area contributed by atoms with E-state index in [9.17, 15) is 0 Å². The maximum absolute atomic E-state index is 8.49. The molecule has 0 bridgehead atoms. The molecule has 0 aromatic carbocycles. The maximum Gasteiger partial charge on any atom is 0.0622 e. The van der Waals surface area contributed by atoms with Crippen LogP contribution in [0.1, 0.15) is 32.1 Å². The second-order valence-corrected chi connectivity index (χ2v) is 4.75. The Balaban J connectivity index is 1.67. The predicted molar refractivity (Wildman–Crippen MR) is 60.5 cm³/mol. The first-order chi connectivity index (χ1) is 7.40. The van der Waals surface area contributed by atoms with Crippen molar-refractivity contribution in [2.24, 2.45) is 0 Å². The average molecular weight is 207 g/mol. The highest BCUT2D eigenvalue weighted by Gasteiger charge is 2.28. The molecule has 2 fully saturated rings. The number of hydrogen-bond acceptors (Lipinski definition) is 3. The van der Waals surface area contributed by atoms with Gasteiger partial charge in [0.15, 0.2) is 0 Å². The minimum absolute atomic E-state index is 0.713. The lowest BCUT2D eigenvalue weighted by atomic mass is 10.2. The molecule has 2 heterocycles. The zero-order chi connectivity index (χ0) is 10.5. The minimum Gasteiger partial charge on any atom is -0.302 e. The third-order valence-corrected chi connectivity index (χ3v) is 3.67. The fraction of sp³-hybridized carbons (Fsp3) is 0.917. The van der Waals surface area contributed by atoms with Gasteiger partial charge in [0.05, 0.1) is 6.07 Å². The van der Waals surface area contributed by atoms with Gasteiger partial charge in [-0.3, -0.25) is 4.90 Å². The Bertz CT molecular complexity index is 228. The highest BCUT2D eigenvalue weighted by atomic mass is 15.3. The van der Waals surface area contributed by atoms with Crippen LogP contribution in [0.5, 0.6) is 0 Å². The molecule has 2 saturated heterocycles. The summed E-state index contributed by atoms with van der Waals surface area (Å²) in [6, 6.07) is 3.04. The summed E-state index contributed by atoms with van der Waals surface area (Å²) in [6.45, 7) is 6.24. The Morgan fingerprint density at radius 3 is 2.73 bits per heavy atom. The Labute approximate surface area is 92.7 Å². The average Bonchev–Trinajstić information content (AvgIpc) is 2.87. The summed E-state index contributed by atoms with van der Waals surface area (Å²) in [6.07, 6.45) is 5.89. The Kier molecular flexibility index (Phi) is 3.99. The summed E-state index contributed by atoms with van der Waals surface area (Å²) in [7, 11) is 0. The number of rotatable bonds is 4. The zero-order valence-corrected chi connectivity index (χ0v) is 9.49. The molecule has 0 N–H and O–H groups in total. The molecular weight excluding hydrogens is 186 g/mol. The van der Waals surface area contributed by atoms with E-state index in [-0.39, 0.29) is 0 Å². The largest absolute Gasteiger partial charge is 0.302 e. The van der Waals surface area contributed by atoms with E-state index in [1.807, 2.05) is 0 Å². The molecule has 0 aromatic heterocycles. The topological polar surface area (TPSA) is 30.3 Å². The molecule has 1 unspecified atom stereocenters. The molecule has 0 saturated carbocycles. The van der Waals surface area contributed by atoms with E-state index in [0.717, 1.165) is 19.0 Å². The molecule has 3 nitrogen and oxygen atoms in total. The van der Waals surface area contributed by atoms with E-state index in [1.165, 1.54) is 45.4 Å². The van der Waals surface area contributed by atoms with Crippen LogP contribution >= 0.6 is 0 Å². The lowest BCUT2D eigenvalue weighted by molar-refractivity contribution is 0.232. The molecule has 0 aliphatic carbocycles. The van der Waals surface area contributed by atoms with Crippen LogP contribution < -0.4 is 0 Å². The van der Waals surface area contributed by atoms with Crippen LogP contribution in [0.3, 0.4) is 0 Å². The number of nitrogens with zero attached hydrogens (tertiary/aromatic N) is 3. The quantitative estimate of drug-likeness (QED) is 0.654. The summed E-state index contributed by atoms with van der Waals surface area (Å²) in [4.78, 5) is 5.19. The maximum atomic E-state index is 8.49. The molecule has 0 radical (unpaired) electrons. The van der Waals surface area contributed by atoms with Crippen LogP contribution in [0, 0.1) is 11.3 Å². The number of hydrogen-bond donors (Lipinski definition) is 0. The van der Waals surface area contributed by atoms with Crippen molar-refractivity contribution in [2.45, 2.75) is 38.1 Å². The molecule has 0 spiro atoms. The van der Waals surface area contributed by atoms with Crippen molar-refractivity contribution in [1.82, 2.24) is 9.80 Å². The third-order valence-electron chi connectivity index (χ3n) is 3.67. The molecule has 2 aliphatic rings. The Hall–Kier alpha value is -0.590. The van der Waals surface area contributed by atoms with Crippen LogP contribution in [0.25, 0.3) is 0 Å². The third kappa shape index (κ3) is 2.93. The van der Waals surface area contributed by atoms with E-state index in [1.54, 1.807) is 0 Å². The van der Waals surface area contributed by atoms with E-state index in [0.29, 0.717) is 6.42 Å². The van der Waals surface area contributed by atoms with Gasteiger partial charge in [0.1, 0.15) is 0 Å². The first kappa shape index (κ1) is 10.9. The Morgan fingerprint density at radius 2 is 2.00 bits per heavy atom. The minimum atomic E-state index is 0.713. The van der Waals surface area contributed by atoms with Crippen LogP contribution in [0.15, 0.2) is 0 Å². The zero-order valence-electron chi connectivity index (χ0n) is 9.49. The SMILES string of the molecule is N#CCCCN1CCC(N2CCCC2)C1. The van der Waals surface area contributed by atoms with Gasteiger partial charge in [-0.2, -0.15) is 5.26 Å². The molecule has 84 valence electrons. The van der Waals surface area contributed by atoms with Gasteiger partial charge < -0.3 is 4.90 Å². The highest BCUT2D eigenvalue weighted by molar-refractivity contribution is 4.85. The van der Waals surface area contributed by atoms with Crippen molar-refractivity contribution in [3.63, 3.8) is 0 Å². The van der Waals surface area contributed by atoms with Gasteiger partial charge in [-0.15, -0.1) is 0 Å². The standard InChI is InChI=1S/C12H21N3/c13-6-1-2-7-14-10-5-12(11-14)15-8-3-4-9-15/h12H,1-5,7-11H2. The van der Waals surface area contributed by atoms with E-state index in [2.05, 4.69) is 15.9 Å². The van der Waals surface area contributed by atoms with Gasteiger partial charge in [0.2, 0.25) is 0 Å². The predicted octanol–water partition coefficient (Wildman–Crippen LogP) is 1.46. The molecule has 2 rings (SSSR count). The molecule has 15 heavy (non-hydrogen) atoms. The molecule has 2 aliphatic heterocycles. The second kappa shape index (κ2) is 5.48. The number of nitriles is 1. The van der Waals surface area contributed by atoms with Gasteiger partial charge in [-0.1, -0.05) is 0 Å². The van der Waals surface area contributed by atoms with Crippen molar-refractivity contribution in [3.8, 4) is 6.07 Å².